The lowest BCUT2D eigenvalue weighted by Gasteiger charge is -2.22. The Labute approximate surface area is 150 Å². The summed E-state index contributed by atoms with van der Waals surface area (Å²) in [5.74, 6) is -4.71. The molecule has 0 aliphatic rings. The van der Waals surface area contributed by atoms with Gasteiger partial charge in [-0.2, -0.15) is 0 Å². The molecule has 0 rings (SSSR count). The molecule has 0 bridgehead atoms. The van der Waals surface area contributed by atoms with Crippen LogP contribution in [0.15, 0.2) is 0 Å². The van der Waals surface area contributed by atoms with Crippen LogP contribution >= 0.6 is 0 Å². The number of carboxylic acid groups (broad SMARTS) is 2. The minimum atomic E-state index is -1.29. The van der Waals surface area contributed by atoms with Gasteiger partial charge in [0.1, 0.15) is 18.6 Å². The zero-order valence-electron chi connectivity index (χ0n) is 14.9. The maximum Gasteiger partial charge on any atom is 0.322 e. The van der Waals surface area contributed by atoms with E-state index in [9.17, 15) is 24.0 Å². The largest absolute Gasteiger partial charge is 0.481 e. The first-order chi connectivity index (χ1) is 12.0. The van der Waals surface area contributed by atoms with Crippen LogP contribution in [0.5, 0.6) is 0 Å². The number of nitrogens with one attached hydrogen (secondary N) is 3. The van der Waals surface area contributed by atoms with Crippen LogP contribution in [0.3, 0.4) is 0 Å². The van der Waals surface area contributed by atoms with Crippen LogP contribution in [0, 0.1) is 5.92 Å². The molecule has 0 spiro atoms. The summed E-state index contributed by atoms with van der Waals surface area (Å²) in [6, 6.07) is -3.09. The lowest BCUT2D eigenvalue weighted by Crippen LogP contribution is -2.55. The van der Waals surface area contributed by atoms with Crippen molar-refractivity contribution in [3.8, 4) is 0 Å². The molecule has 7 N–H and O–H groups in total. The van der Waals surface area contributed by atoms with Crippen molar-refractivity contribution in [2.75, 3.05) is 6.54 Å². The van der Waals surface area contributed by atoms with Crippen LogP contribution in [0.25, 0.3) is 0 Å². The Morgan fingerprint density at radius 1 is 0.885 bits per heavy atom. The van der Waals surface area contributed by atoms with E-state index >= 15 is 0 Å². The smallest absolute Gasteiger partial charge is 0.322 e. The molecule has 0 radical (unpaired) electrons. The molecule has 11 heteroatoms. The van der Waals surface area contributed by atoms with Crippen molar-refractivity contribution in [3.05, 3.63) is 0 Å². The first kappa shape index (κ1) is 23.3. The van der Waals surface area contributed by atoms with Crippen molar-refractivity contribution in [2.24, 2.45) is 11.7 Å². The van der Waals surface area contributed by atoms with Gasteiger partial charge in [-0.1, -0.05) is 13.8 Å². The van der Waals surface area contributed by atoms with E-state index < -0.39 is 60.8 Å². The van der Waals surface area contributed by atoms with E-state index in [4.69, 9.17) is 15.9 Å². The molecule has 0 aliphatic carbocycles. The van der Waals surface area contributed by atoms with E-state index in [1.54, 1.807) is 13.8 Å². The molecule has 0 aromatic carbocycles. The normalized spacial score (nSPS) is 14.0. The topological polar surface area (TPSA) is 188 Å². The Hall–Kier alpha value is -2.69. The molecular weight excluding hydrogens is 348 g/mol. The average molecular weight is 374 g/mol. The van der Waals surface area contributed by atoms with Gasteiger partial charge < -0.3 is 31.9 Å². The first-order valence-corrected chi connectivity index (χ1v) is 8.03. The van der Waals surface area contributed by atoms with Gasteiger partial charge in [-0.3, -0.25) is 24.0 Å². The number of aliphatic carboxylic acids is 2. The molecule has 0 saturated heterocycles. The van der Waals surface area contributed by atoms with Crippen LogP contribution in [-0.4, -0.2) is 64.5 Å². The predicted octanol–water partition coefficient (Wildman–Crippen LogP) is -1.98. The SMILES string of the molecule is CC(NC(=O)C(N)C(C)C)C(=O)NC(CCC(=O)O)C(=O)NCC(=O)O. The Bertz CT molecular complexity index is 550. The number of hydrogen-bond donors (Lipinski definition) is 6. The molecule has 3 amide bonds. The summed E-state index contributed by atoms with van der Waals surface area (Å²) < 4.78 is 0. The molecule has 3 atom stereocenters. The third-order valence-electron chi connectivity index (χ3n) is 3.47. The van der Waals surface area contributed by atoms with Crippen molar-refractivity contribution in [1.29, 1.82) is 0 Å². The van der Waals surface area contributed by atoms with Crippen molar-refractivity contribution < 1.29 is 34.2 Å². The van der Waals surface area contributed by atoms with E-state index in [-0.39, 0.29) is 12.3 Å². The maximum absolute atomic E-state index is 12.2. The fourth-order valence-electron chi connectivity index (χ4n) is 1.80. The van der Waals surface area contributed by atoms with Crippen molar-refractivity contribution >= 4 is 29.7 Å². The molecule has 0 aliphatic heterocycles. The van der Waals surface area contributed by atoms with Gasteiger partial charge >= 0.3 is 11.9 Å². The third-order valence-corrected chi connectivity index (χ3v) is 3.47. The van der Waals surface area contributed by atoms with Gasteiger partial charge in [-0.15, -0.1) is 0 Å². The van der Waals surface area contributed by atoms with E-state index in [1.807, 2.05) is 0 Å². The zero-order valence-corrected chi connectivity index (χ0v) is 14.9. The zero-order chi connectivity index (χ0) is 20.4. The standard InChI is InChI=1S/C15H26N4O7/c1-7(2)12(16)15(26)18-8(3)13(24)19-9(4-5-10(20)21)14(25)17-6-11(22)23/h7-9,12H,4-6,16H2,1-3H3,(H,17,25)(H,18,26)(H,19,24)(H,20,21)(H,22,23). The van der Waals surface area contributed by atoms with Gasteiger partial charge in [-0.25, -0.2) is 0 Å². The molecule has 3 unspecified atom stereocenters. The Balaban J connectivity index is 4.86. The van der Waals surface area contributed by atoms with Crippen LogP contribution in [0.1, 0.15) is 33.6 Å². The number of carbonyl (C=O) groups excluding carboxylic acids is 3. The summed E-state index contributed by atoms with van der Waals surface area (Å²) in [5.41, 5.74) is 5.68. The van der Waals surface area contributed by atoms with Crippen LogP contribution < -0.4 is 21.7 Å². The summed E-state index contributed by atoms with van der Waals surface area (Å²) in [6.45, 7) is 4.19. The number of nitrogens with two attached hydrogens (primary N) is 1. The van der Waals surface area contributed by atoms with Crippen molar-refractivity contribution in [2.45, 2.75) is 51.7 Å². The summed E-state index contributed by atoms with van der Waals surface area (Å²) in [7, 11) is 0. The predicted molar refractivity (Wildman–Crippen MR) is 89.9 cm³/mol. The maximum atomic E-state index is 12.2. The summed E-state index contributed by atoms with van der Waals surface area (Å²) in [5, 5.41) is 24.1. The fourth-order valence-corrected chi connectivity index (χ4v) is 1.80. The summed E-state index contributed by atoms with van der Waals surface area (Å²) in [4.78, 5) is 57.2. The minimum absolute atomic E-state index is 0.143. The summed E-state index contributed by atoms with van der Waals surface area (Å²) >= 11 is 0. The molecule has 11 nitrogen and oxygen atoms in total. The van der Waals surface area contributed by atoms with Gasteiger partial charge in [0, 0.05) is 6.42 Å². The van der Waals surface area contributed by atoms with Gasteiger partial charge in [0.15, 0.2) is 0 Å². The Morgan fingerprint density at radius 3 is 1.92 bits per heavy atom. The molecule has 0 fully saturated rings. The van der Waals surface area contributed by atoms with Crippen LogP contribution in [0.4, 0.5) is 0 Å². The number of rotatable bonds is 11. The first-order valence-electron chi connectivity index (χ1n) is 8.03. The molecule has 26 heavy (non-hydrogen) atoms. The monoisotopic (exact) mass is 374 g/mol. The van der Waals surface area contributed by atoms with Crippen LogP contribution in [0.2, 0.25) is 0 Å². The second kappa shape index (κ2) is 11.0. The van der Waals surface area contributed by atoms with Gasteiger partial charge in [0.25, 0.3) is 0 Å². The fraction of sp³-hybridized carbons (Fsp3) is 0.667. The lowest BCUT2D eigenvalue weighted by atomic mass is 10.0. The highest BCUT2D eigenvalue weighted by Crippen LogP contribution is 2.01. The van der Waals surface area contributed by atoms with Crippen LogP contribution in [-0.2, 0) is 24.0 Å². The van der Waals surface area contributed by atoms with Gasteiger partial charge in [-0.05, 0) is 19.3 Å². The molecule has 148 valence electrons. The quantitative estimate of drug-likeness (QED) is 0.240. The molecule has 0 saturated carbocycles. The Kier molecular flexibility index (Phi) is 9.89. The average Bonchev–Trinajstić information content (AvgIpc) is 2.54. The second-order valence-corrected chi connectivity index (χ2v) is 6.11. The van der Waals surface area contributed by atoms with Crippen molar-refractivity contribution in [3.63, 3.8) is 0 Å². The lowest BCUT2D eigenvalue weighted by molar-refractivity contribution is -0.140. The van der Waals surface area contributed by atoms with Gasteiger partial charge in [0.2, 0.25) is 17.7 Å². The van der Waals surface area contributed by atoms with Crippen molar-refractivity contribution in [1.82, 2.24) is 16.0 Å². The Morgan fingerprint density at radius 2 is 1.46 bits per heavy atom. The van der Waals surface area contributed by atoms with E-state index in [0.29, 0.717) is 0 Å². The summed E-state index contributed by atoms with van der Waals surface area (Å²) in [6.07, 6.45) is -0.650. The number of carbonyl (C=O) groups is 5. The number of hydrogen-bond acceptors (Lipinski definition) is 6. The van der Waals surface area contributed by atoms with E-state index in [1.165, 1.54) is 6.92 Å². The number of amides is 3. The van der Waals surface area contributed by atoms with Gasteiger partial charge in [0.05, 0.1) is 6.04 Å². The number of carboxylic acids is 2. The van der Waals surface area contributed by atoms with E-state index in [2.05, 4.69) is 16.0 Å². The highest BCUT2D eigenvalue weighted by Gasteiger charge is 2.26. The highest BCUT2D eigenvalue weighted by molar-refractivity contribution is 5.93. The molecule has 0 heterocycles. The molecular formula is C15H26N4O7. The minimum Gasteiger partial charge on any atom is -0.481 e. The highest BCUT2D eigenvalue weighted by atomic mass is 16.4. The third kappa shape index (κ3) is 8.97. The van der Waals surface area contributed by atoms with E-state index in [0.717, 1.165) is 0 Å². The molecule has 0 aromatic rings. The second-order valence-electron chi connectivity index (χ2n) is 6.11. The molecule has 0 aromatic heterocycles.